The van der Waals surface area contributed by atoms with Crippen LogP contribution < -0.4 is 10.6 Å². The van der Waals surface area contributed by atoms with Gasteiger partial charge in [-0.15, -0.1) is 11.3 Å². The van der Waals surface area contributed by atoms with Crippen LogP contribution >= 0.6 is 11.3 Å². The van der Waals surface area contributed by atoms with E-state index >= 15 is 0 Å². The van der Waals surface area contributed by atoms with Gasteiger partial charge in [-0.2, -0.15) is 0 Å². The monoisotopic (exact) mass is 283 g/mol. The Morgan fingerprint density at radius 3 is 2.58 bits per heavy atom. The van der Waals surface area contributed by atoms with Crippen molar-refractivity contribution in [2.24, 2.45) is 0 Å². The summed E-state index contributed by atoms with van der Waals surface area (Å²) in [5.41, 5.74) is -0.0357. The Labute approximate surface area is 120 Å². The Balaban J connectivity index is 2.43. The Bertz CT molecular complexity index is 382. The van der Waals surface area contributed by atoms with Crippen LogP contribution in [0.5, 0.6) is 0 Å². The predicted molar refractivity (Wildman–Crippen MR) is 81.5 cm³/mol. The summed E-state index contributed by atoms with van der Waals surface area (Å²) >= 11 is 1.72. The molecule has 1 amide bonds. The van der Waals surface area contributed by atoms with E-state index in [4.69, 9.17) is 0 Å². The number of thiophene rings is 1. The molecule has 1 heterocycles. The molecule has 0 spiro atoms. The quantitative estimate of drug-likeness (QED) is 0.837. The van der Waals surface area contributed by atoms with Crippen molar-refractivity contribution < 1.29 is 4.79 Å². The second-order valence-electron chi connectivity index (χ2n) is 5.90. The summed E-state index contributed by atoms with van der Waals surface area (Å²) in [6.07, 6.45) is 0. The molecule has 1 unspecified atom stereocenters. The van der Waals surface area contributed by atoms with Crippen LogP contribution in [0.25, 0.3) is 0 Å². The summed E-state index contributed by atoms with van der Waals surface area (Å²) in [7, 11) is 4.06. The molecule has 0 aliphatic rings. The Kier molecular flexibility index (Phi) is 5.97. The fourth-order valence-corrected chi connectivity index (χ4v) is 2.56. The van der Waals surface area contributed by atoms with Crippen LogP contribution in [0.1, 0.15) is 31.7 Å². The normalized spacial score (nSPS) is 13.6. The SMILES string of the molecule is CN(C)C(CNC(=O)CNC(C)(C)C)c1cccs1. The van der Waals surface area contributed by atoms with E-state index in [1.807, 2.05) is 20.2 Å². The molecule has 5 heteroatoms. The van der Waals surface area contributed by atoms with Crippen molar-refractivity contribution in [1.29, 1.82) is 0 Å². The highest BCUT2D eigenvalue weighted by molar-refractivity contribution is 7.10. The minimum absolute atomic E-state index is 0.0357. The van der Waals surface area contributed by atoms with Crippen LogP contribution in [-0.2, 0) is 4.79 Å². The minimum atomic E-state index is -0.0357. The molecule has 0 radical (unpaired) electrons. The maximum absolute atomic E-state index is 11.8. The van der Waals surface area contributed by atoms with Gasteiger partial charge in [0.25, 0.3) is 0 Å². The molecule has 108 valence electrons. The topological polar surface area (TPSA) is 44.4 Å². The molecule has 4 nitrogen and oxygen atoms in total. The van der Waals surface area contributed by atoms with Crippen LogP contribution in [0.2, 0.25) is 0 Å². The lowest BCUT2D eigenvalue weighted by atomic mass is 10.1. The highest BCUT2D eigenvalue weighted by atomic mass is 32.1. The van der Waals surface area contributed by atoms with Gasteiger partial charge in [-0.1, -0.05) is 6.07 Å². The molecule has 0 aliphatic carbocycles. The zero-order valence-corrected chi connectivity index (χ0v) is 13.3. The largest absolute Gasteiger partial charge is 0.353 e. The fraction of sp³-hybridized carbons (Fsp3) is 0.643. The molecule has 1 atom stereocenters. The summed E-state index contributed by atoms with van der Waals surface area (Å²) in [6.45, 7) is 7.14. The Morgan fingerprint density at radius 2 is 2.11 bits per heavy atom. The first-order chi connectivity index (χ1) is 8.79. The minimum Gasteiger partial charge on any atom is -0.353 e. The molecule has 2 N–H and O–H groups in total. The van der Waals surface area contributed by atoms with E-state index in [9.17, 15) is 4.79 Å². The number of carbonyl (C=O) groups excluding carboxylic acids is 1. The summed E-state index contributed by atoms with van der Waals surface area (Å²) in [5, 5.41) is 8.24. The maximum Gasteiger partial charge on any atom is 0.234 e. The van der Waals surface area contributed by atoms with Crippen LogP contribution in [0, 0.1) is 0 Å². The lowest BCUT2D eigenvalue weighted by Crippen LogP contribution is -2.44. The predicted octanol–water partition coefficient (Wildman–Crippen LogP) is 1.86. The molecule has 1 aromatic heterocycles. The smallest absolute Gasteiger partial charge is 0.234 e. The van der Waals surface area contributed by atoms with Crippen LogP contribution in [0.4, 0.5) is 0 Å². The number of nitrogens with one attached hydrogen (secondary N) is 2. The van der Waals surface area contributed by atoms with Crippen molar-refractivity contribution in [1.82, 2.24) is 15.5 Å². The summed E-state index contributed by atoms with van der Waals surface area (Å²) in [5.74, 6) is 0.0401. The van der Waals surface area contributed by atoms with E-state index in [2.05, 4.69) is 47.8 Å². The van der Waals surface area contributed by atoms with E-state index in [1.54, 1.807) is 11.3 Å². The van der Waals surface area contributed by atoms with Crippen LogP contribution in [0.3, 0.4) is 0 Å². The van der Waals surface area contributed by atoms with Gasteiger partial charge in [0, 0.05) is 17.0 Å². The standard InChI is InChI=1S/C14H25N3OS/c1-14(2,3)16-10-13(18)15-9-11(17(4)5)12-7-6-8-19-12/h6-8,11,16H,9-10H2,1-5H3,(H,15,18). The van der Waals surface area contributed by atoms with Crippen molar-refractivity contribution in [3.63, 3.8) is 0 Å². The molecule has 0 aliphatic heterocycles. The molecule has 0 aromatic carbocycles. The summed E-state index contributed by atoms with van der Waals surface area (Å²) < 4.78 is 0. The van der Waals surface area contributed by atoms with E-state index in [0.717, 1.165) is 0 Å². The Morgan fingerprint density at radius 1 is 1.42 bits per heavy atom. The third-order valence-corrected chi connectivity index (χ3v) is 3.74. The van der Waals surface area contributed by atoms with Gasteiger partial charge in [0.15, 0.2) is 0 Å². The van der Waals surface area contributed by atoms with Gasteiger partial charge in [-0.25, -0.2) is 0 Å². The van der Waals surface area contributed by atoms with Gasteiger partial charge in [0.05, 0.1) is 12.6 Å². The molecule has 19 heavy (non-hydrogen) atoms. The van der Waals surface area contributed by atoms with Crippen molar-refractivity contribution >= 4 is 17.2 Å². The van der Waals surface area contributed by atoms with E-state index in [-0.39, 0.29) is 17.5 Å². The Hall–Kier alpha value is -0.910. The first-order valence-corrected chi connectivity index (χ1v) is 7.39. The van der Waals surface area contributed by atoms with Gasteiger partial charge < -0.3 is 15.5 Å². The van der Waals surface area contributed by atoms with Crippen LogP contribution in [-0.4, -0.2) is 43.5 Å². The zero-order valence-electron chi connectivity index (χ0n) is 12.5. The lowest BCUT2D eigenvalue weighted by Gasteiger charge is -2.24. The molecule has 0 saturated heterocycles. The molecular formula is C14H25N3OS. The zero-order chi connectivity index (χ0) is 14.5. The first kappa shape index (κ1) is 16.1. The number of rotatable bonds is 6. The highest BCUT2D eigenvalue weighted by Gasteiger charge is 2.17. The van der Waals surface area contributed by atoms with Gasteiger partial charge >= 0.3 is 0 Å². The van der Waals surface area contributed by atoms with E-state index in [0.29, 0.717) is 13.1 Å². The lowest BCUT2D eigenvalue weighted by molar-refractivity contribution is -0.120. The number of likely N-dealkylation sites (N-methyl/N-ethyl adjacent to an activating group) is 1. The molecule has 1 aromatic rings. The van der Waals surface area contributed by atoms with Crippen LogP contribution in [0.15, 0.2) is 17.5 Å². The van der Waals surface area contributed by atoms with E-state index < -0.39 is 0 Å². The van der Waals surface area contributed by atoms with Gasteiger partial charge in [-0.05, 0) is 46.3 Å². The summed E-state index contributed by atoms with van der Waals surface area (Å²) in [6, 6.07) is 4.38. The van der Waals surface area contributed by atoms with Crippen molar-refractivity contribution in [3.8, 4) is 0 Å². The van der Waals surface area contributed by atoms with Crippen molar-refractivity contribution in [2.75, 3.05) is 27.2 Å². The molecule has 0 bridgehead atoms. The average Bonchev–Trinajstić information content (AvgIpc) is 2.78. The molecule has 0 saturated carbocycles. The van der Waals surface area contributed by atoms with Crippen molar-refractivity contribution in [3.05, 3.63) is 22.4 Å². The third-order valence-electron chi connectivity index (χ3n) is 2.77. The highest BCUT2D eigenvalue weighted by Crippen LogP contribution is 2.22. The number of hydrogen-bond donors (Lipinski definition) is 2. The molecule has 1 rings (SSSR count). The number of amides is 1. The van der Waals surface area contributed by atoms with Gasteiger partial charge in [-0.3, -0.25) is 4.79 Å². The average molecular weight is 283 g/mol. The number of nitrogens with zero attached hydrogens (tertiary/aromatic N) is 1. The second kappa shape index (κ2) is 7.03. The van der Waals surface area contributed by atoms with Crippen molar-refractivity contribution in [2.45, 2.75) is 32.4 Å². The van der Waals surface area contributed by atoms with Gasteiger partial charge in [0.2, 0.25) is 5.91 Å². The maximum atomic E-state index is 11.8. The second-order valence-corrected chi connectivity index (χ2v) is 6.88. The number of carbonyl (C=O) groups is 1. The third kappa shape index (κ3) is 6.18. The van der Waals surface area contributed by atoms with Gasteiger partial charge in [0.1, 0.15) is 0 Å². The first-order valence-electron chi connectivity index (χ1n) is 6.51. The fourth-order valence-electron chi connectivity index (χ4n) is 1.64. The molecular weight excluding hydrogens is 258 g/mol. The molecule has 0 fully saturated rings. The van der Waals surface area contributed by atoms with E-state index in [1.165, 1.54) is 4.88 Å². The summed E-state index contributed by atoms with van der Waals surface area (Å²) in [4.78, 5) is 15.2. The number of hydrogen-bond acceptors (Lipinski definition) is 4.